The maximum Gasteiger partial charge on any atom is 0.256 e. The number of hydrogen-bond acceptors (Lipinski definition) is 5. The van der Waals surface area contributed by atoms with Crippen molar-refractivity contribution in [1.82, 2.24) is 14.8 Å². The minimum Gasteiger partial charge on any atom is -0.394 e. The molecule has 2 aromatic rings. The summed E-state index contributed by atoms with van der Waals surface area (Å²) in [4.78, 5) is 33.0. The van der Waals surface area contributed by atoms with Crippen molar-refractivity contribution >= 4 is 11.8 Å². The van der Waals surface area contributed by atoms with Crippen LogP contribution in [0, 0.1) is 0 Å². The van der Waals surface area contributed by atoms with E-state index in [0.717, 1.165) is 5.56 Å². The summed E-state index contributed by atoms with van der Waals surface area (Å²) in [5.74, 6) is -0.301. The third-order valence-electron chi connectivity index (χ3n) is 5.80. The SMILES string of the molecule is COCC(=O)N1CC2(C1)[C@H](c1ccccc1)[C@H](CO)N2C(=O)c1cccnc1. The predicted molar refractivity (Wildman–Crippen MR) is 102 cm³/mol. The van der Waals surface area contributed by atoms with Crippen LogP contribution in [0.3, 0.4) is 0 Å². The zero-order valence-electron chi connectivity index (χ0n) is 15.7. The fourth-order valence-corrected chi connectivity index (χ4v) is 4.62. The summed E-state index contributed by atoms with van der Waals surface area (Å²) in [6.45, 7) is 0.736. The molecule has 1 aromatic carbocycles. The Labute approximate surface area is 163 Å². The highest BCUT2D eigenvalue weighted by Crippen LogP contribution is 2.54. The number of benzene rings is 1. The van der Waals surface area contributed by atoms with Crippen molar-refractivity contribution in [3.05, 3.63) is 66.0 Å². The molecule has 0 bridgehead atoms. The van der Waals surface area contributed by atoms with Crippen LogP contribution in [-0.4, -0.2) is 76.7 Å². The van der Waals surface area contributed by atoms with Gasteiger partial charge in [0, 0.05) is 38.5 Å². The van der Waals surface area contributed by atoms with E-state index in [4.69, 9.17) is 4.74 Å². The van der Waals surface area contributed by atoms with Crippen molar-refractivity contribution in [3.8, 4) is 0 Å². The Morgan fingerprint density at radius 2 is 1.96 bits per heavy atom. The number of aromatic nitrogens is 1. The average Bonchev–Trinajstić information content (AvgIpc) is 2.68. The number of amides is 2. The summed E-state index contributed by atoms with van der Waals surface area (Å²) in [5.41, 5.74) is 1.02. The van der Waals surface area contributed by atoms with Gasteiger partial charge in [-0.15, -0.1) is 0 Å². The molecule has 1 N–H and O–H groups in total. The van der Waals surface area contributed by atoms with Gasteiger partial charge in [-0.25, -0.2) is 0 Å². The van der Waals surface area contributed by atoms with Crippen LogP contribution >= 0.6 is 0 Å². The molecule has 2 atom stereocenters. The highest BCUT2D eigenvalue weighted by Gasteiger charge is 2.68. The Morgan fingerprint density at radius 1 is 1.21 bits per heavy atom. The maximum absolute atomic E-state index is 13.2. The molecule has 0 saturated carbocycles. The first-order valence-corrected chi connectivity index (χ1v) is 9.28. The van der Waals surface area contributed by atoms with Gasteiger partial charge in [0.15, 0.2) is 0 Å². The van der Waals surface area contributed by atoms with E-state index in [1.165, 1.54) is 13.3 Å². The number of carbonyl (C=O) groups is 2. The minimum absolute atomic E-state index is 0.0199. The summed E-state index contributed by atoms with van der Waals surface area (Å²) in [6, 6.07) is 13.0. The summed E-state index contributed by atoms with van der Waals surface area (Å²) < 4.78 is 4.96. The number of carbonyl (C=O) groups excluding carboxylic acids is 2. The van der Waals surface area contributed by atoms with Crippen molar-refractivity contribution in [1.29, 1.82) is 0 Å². The molecule has 0 aliphatic carbocycles. The summed E-state index contributed by atoms with van der Waals surface area (Å²) in [6.07, 6.45) is 3.15. The third kappa shape index (κ3) is 2.78. The van der Waals surface area contributed by atoms with Crippen molar-refractivity contribution in [2.45, 2.75) is 17.5 Å². The van der Waals surface area contributed by atoms with Gasteiger partial charge in [-0.05, 0) is 17.7 Å². The van der Waals surface area contributed by atoms with Gasteiger partial charge >= 0.3 is 0 Å². The quantitative estimate of drug-likeness (QED) is 0.832. The van der Waals surface area contributed by atoms with Gasteiger partial charge in [0.25, 0.3) is 5.91 Å². The second-order valence-electron chi connectivity index (χ2n) is 7.34. The normalized spacial score (nSPS) is 22.5. The van der Waals surface area contributed by atoms with E-state index in [0.29, 0.717) is 18.7 Å². The second kappa shape index (κ2) is 7.33. The van der Waals surface area contributed by atoms with E-state index in [9.17, 15) is 14.7 Å². The summed E-state index contributed by atoms with van der Waals surface area (Å²) in [7, 11) is 1.49. The molecule has 2 fully saturated rings. The Kier molecular flexibility index (Phi) is 4.87. The van der Waals surface area contributed by atoms with Crippen LogP contribution in [0.15, 0.2) is 54.9 Å². The fourth-order valence-electron chi connectivity index (χ4n) is 4.62. The van der Waals surface area contributed by atoms with Gasteiger partial charge in [-0.3, -0.25) is 14.6 Å². The van der Waals surface area contributed by atoms with E-state index in [2.05, 4.69) is 4.98 Å². The molecule has 2 aliphatic rings. The van der Waals surface area contributed by atoms with Gasteiger partial charge in [0.1, 0.15) is 6.61 Å². The van der Waals surface area contributed by atoms with Crippen LogP contribution < -0.4 is 0 Å². The Balaban J connectivity index is 1.67. The Morgan fingerprint density at radius 3 is 2.57 bits per heavy atom. The lowest BCUT2D eigenvalue weighted by molar-refractivity contribution is -0.180. The van der Waals surface area contributed by atoms with Gasteiger partial charge < -0.3 is 19.6 Å². The number of nitrogens with zero attached hydrogens (tertiary/aromatic N) is 3. The molecule has 0 unspecified atom stereocenters. The third-order valence-corrected chi connectivity index (χ3v) is 5.80. The van der Waals surface area contributed by atoms with Gasteiger partial charge in [0.05, 0.1) is 23.8 Å². The second-order valence-corrected chi connectivity index (χ2v) is 7.34. The summed E-state index contributed by atoms with van der Waals surface area (Å²) >= 11 is 0. The van der Waals surface area contributed by atoms with E-state index < -0.39 is 5.54 Å². The number of pyridine rings is 1. The molecule has 4 rings (SSSR count). The monoisotopic (exact) mass is 381 g/mol. The van der Waals surface area contributed by atoms with Crippen LogP contribution in [0.1, 0.15) is 21.8 Å². The van der Waals surface area contributed by atoms with E-state index >= 15 is 0 Å². The van der Waals surface area contributed by atoms with Crippen LogP contribution in [-0.2, 0) is 9.53 Å². The Hall–Kier alpha value is -2.77. The molecule has 2 saturated heterocycles. The first-order valence-electron chi connectivity index (χ1n) is 9.28. The van der Waals surface area contributed by atoms with Crippen molar-refractivity contribution in [2.75, 3.05) is 33.4 Å². The van der Waals surface area contributed by atoms with Gasteiger partial charge in [-0.2, -0.15) is 0 Å². The van der Waals surface area contributed by atoms with Crippen molar-refractivity contribution in [2.24, 2.45) is 0 Å². The van der Waals surface area contributed by atoms with Crippen LogP contribution in [0.5, 0.6) is 0 Å². The predicted octanol–water partition coefficient (Wildman–Crippen LogP) is 0.909. The number of likely N-dealkylation sites (tertiary alicyclic amines) is 2. The van der Waals surface area contributed by atoms with E-state index in [1.807, 2.05) is 30.3 Å². The lowest BCUT2D eigenvalue weighted by Gasteiger charge is -2.70. The lowest BCUT2D eigenvalue weighted by atomic mass is 9.60. The van der Waals surface area contributed by atoms with Gasteiger partial charge in [0.2, 0.25) is 5.91 Å². The van der Waals surface area contributed by atoms with Crippen LogP contribution in [0.4, 0.5) is 0 Å². The highest BCUT2D eigenvalue weighted by atomic mass is 16.5. The largest absolute Gasteiger partial charge is 0.394 e. The lowest BCUT2D eigenvalue weighted by Crippen LogP contribution is -2.86. The van der Waals surface area contributed by atoms with Crippen molar-refractivity contribution < 1.29 is 19.4 Å². The molecule has 7 heteroatoms. The van der Waals surface area contributed by atoms with E-state index in [-0.39, 0.29) is 37.0 Å². The standard InChI is InChI=1S/C21H23N3O4/c1-28-12-18(26)23-13-21(14-23)19(15-6-3-2-4-7-15)17(11-25)24(21)20(27)16-8-5-9-22-10-16/h2-10,17,19,25H,11-14H2,1H3/t17-,19+/m0/s1. The topological polar surface area (TPSA) is 83.0 Å². The molecule has 1 aromatic heterocycles. The maximum atomic E-state index is 13.2. The number of rotatable bonds is 5. The highest BCUT2D eigenvalue weighted by molar-refractivity contribution is 5.96. The Bertz CT molecular complexity index is 852. The molecule has 2 amide bonds. The fraction of sp³-hybridized carbons (Fsp3) is 0.381. The number of aliphatic hydroxyl groups excluding tert-OH is 1. The first kappa shape index (κ1) is 18.6. The van der Waals surface area contributed by atoms with Gasteiger partial charge in [-0.1, -0.05) is 30.3 Å². The number of aliphatic hydroxyl groups is 1. The zero-order chi connectivity index (χ0) is 19.7. The molecule has 1 spiro atoms. The number of methoxy groups -OCH3 is 1. The average molecular weight is 381 g/mol. The molecule has 28 heavy (non-hydrogen) atoms. The minimum atomic E-state index is -0.523. The molecule has 146 valence electrons. The molecule has 0 radical (unpaired) electrons. The van der Waals surface area contributed by atoms with Crippen molar-refractivity contribution in [3.63, 3.8) is 0 Å². The first-order chi connectivity index (χ1) is 13.6. The molecular formula is C21H23N3O4. The van der Waals surface area contributed by atoms with Crippen LogP contribution in [0.2, 0.25) is 0 Å². The number of ether oxygens (including phenoxy) is 1. The van der Waals surface area contributed by atoms with Crippen LogP contribution in [0.25, 0.3) is 0 Å². The smallest absolute Gasteiger partial charge is 0.256 e. The molecular weight excluding hydrogens is 358 g/mol. The molecule has 3 heterocycles. The molecule has 7 nitrogen and oxygen atoms in total. The summed E-state index contributed by atoms with van der Waals surface area (Å²) in [5, 5.41) is 10.1. The van der Waals surface area contributed by atoms with E-state index in [1.54, 1.807) is 28.1 Å². The molecule has 2 aliphatic heterocycles. The number of hydrogen-bond donors (Lipinski definition) is 1. The zero-order valence-corrected chi connectivity index (χ0v) is 15.7.